The van der Waals surface area contributed by atoms with Gasteiger partial charge in [0.2, 0.25) is 0 Å². The Labute approximate surface area is 180 Å². The molecule has 0 saturated carbocycles. The molecular weight excluding hydrogens is 402 g/mol. The number of nitrogens with zero attached hydrogens (tertiary/aromatic N) is 1. The first-order valence-electron chi connectivity index (χ1n) is 10.2. The van der Waals surface area contributed by atoms with E-state index in [9.17, 15) is 13.5 Å². The van der Waals surface area contributed by atoms with E-state index >= 15 is 0 Å². The molecule has 1 atom stereocenters. The molecule has 0 aliphatic heterocycles. The van der Waals surface area contributed by atoms with Gasteiger partial charge in [-0.25, -0.2) is 4.18 Å². The smallest absolute Gasteiger partial charge is 0.396 e. The summed E-state index contributed by atoms with van der Waals surface area (Å²) >= 11 is 0. The first-order chi connectivity index (χ1) is 14.4. The van der Waals surface area contributed by atoms with Crippen LogP contribution in [0.3, 0.4) is 0 Å². The molecule has 0 aliphatic carbocycles. The van der Waals surface area contributed by atoms with E-state index in [0.29, 0.717) is 19.3 Å². The highest BCUT2D eigenvalue weighted by atomic mass is 32.3. The van der Waals surface area contributed by atoms with Crippen molar-refractivity contribution in [3.05, 3.63) is 66.2 Å². The van der Waals surface area contributed by atoms with Gasteiger partial charge in [0, 0.05) is 25.9 Å². The fourth-order valence-electron chi connectivity index (χ4n) is 2.90. The van der Waals surface area contributed by atoms with E-state index in [4.69, 9.17) is 8.37 Å². The first-order valence-corrected chi connectivity index (χ1v) is 11.5. The highest BCUT2D eigenvalue weighted by molar-refractivity contribution is 7.82. The van der Waals surface area contributed by atoms with E-state index in [1.807, 2.05) is 6.08 Å². The van der Waals surface area contributed by atoms with E-state index in [0.717, 1.165) is 17.8 Å². The Hall–Kier alpha value is -2.35. The van der Waals surface area contributed by atoms with Gasteiger partial charge in [0.15, 0.2) is 0 Å². The molecule has 0 aromatic heterocycles. The fourth-order valence-corrected chi connectivity index (χ4v) is 3.61. The zero-order valence-electron chi connectivity index (χ0n) is 17.6. The maximum absolute atomic E-state index is 11.9. The normalized spacial score (nSPS) is 12.8. The number of hydrogen-bond donors (Lipinski definition) is 1. The number of para-hydroxylation sites is 1. The van der Waals surface area contributed by atoms with Crippen molar-refractivity contribution >= 4 is 22.2 Å². The van der Waals surface area contributed by atoms with Crippen molar-refractivity contribution in [1.29, 1.82) is 0 Å². The molecule has 2 aromatic carbocycles. The quantitative estimate of drug-likeness (QED) is 0.475. The second kappa shape index (κ2) is 12.4. The van der Waals surface area contributed by atoms with E-state index in [2.05, 4.69) is 49.2 Å². The SMILES string of the molecule is CCN(C)c1ccc(/C=C/C(CCO)CCCOS(=O)(=O)Oc2ccccc2)cc1. The van der Waals surface area contributed by atoms with Gasteiger partial charge in [-0.05, 0) is 61.9 Å². The molecule has 7 heteroatoms. The van der Waals surface area contributed by atoms with E-state index in [1.54, 1.807) is 30.3 Å². The Morgan fingerprint density at radius 3 is 2.40 bits per heavy atom. The van der Waals surface area contributed by atoms with Crippen LogP contribution in [0, 0.1) is 5.92 Å². The van der Waals surface area contributed by atoms with Crippen molar-refractivity contribution in [1.82, 2.24) is 0 Å². The zero-order chi connectivity index (χ0) is 21.8. The lowest BCUT2D eigenvalue weighted by atomic mass is 9.98. The molecule has 0 amide bonds. The number of aliphatic hydroxyl groups is 1. The van der Waals surface area contributed by atoms with Crippen molar-refractivity contribution in [3.8, 4) is 5.75 Å². The molecule has 2 aromatic rings. The van der Waals surface area contributed by atoms with Crippen LogP contribution >= 0.6 is 0 Å². The lowest BCUT2D eigenvalue weighted by molar-refractivity contribution is 0.244. The summed E-state index contributed by atoms with van der Waals surface area (Å²) in [4.78, 5) is 2.16. The number of hydrogen-bond acceptors (Lipinski definition) is 6. The van der Waals surface area contributed by atoms with Gasteiger partial charge in [0.1, 0.15) is 5.75 Å². The Balaban J connectivity index is 1.81. The lowest BCUT2D eigenvalue weighted by Crippen LogP contribution is -2.15. The van der Waals surface area contributed by atoms with E-state index < -0.39 is 10.4 Å². The average molecular weight is 434 g/mol. The zero-order valence-corrected chi connectivity index (χ0v) is 18.4. The van der Waals surface area contributed by atoms with Crippen molar-refractivity contribution in [2.45, 2.75) is 26.2 Å². The van der Waals surface area contributed by atoms with Gasteiger partial charge in [-0.3, -0.25) is 0 Å². The van der Waals surface area contributed by atoms with Gasteiger partial charge < -0.3 is 14.2 Å². The van der Waals surface area contributed by atoms with Gasteiger partial charge >= 0.3 is 10.4 Å². The third-order valence-corrected chi connectivity index (χ3v) is 5.61. The largest absolute Gasteiger partial charge is 0.449 e. The van der Waals surface area contributed by atoms with Crippen molar-refractivity contribution in [2.24, 2.45) is 5.92 Å². The number of rotatable bonds is 13. The molecule has 2 rings (SSSR count). The van der Waals surface area contributed by atoms with Gasteiger partial charge in [-0.2, -0.15) is 8.42 Å². The van der Waals surface area contributed by atoms with Crippen LogP contribution in [0.15, 0.2) is 60.7 Å². The molecule has 6 nitrogen and oxygen atoms in total. The third kappa shape index (κ3) is 8.57. The first kappa shape index (κ1) is 23.9. The molecule has 0 bridgehead atoms. The van der Waals surface area contributed by atoms with Crippen LogP contribution in [0.4, 0.5) is 5.69 Å². The summed E-state index contributed by atoms with van der Waals surface area (Å²) < 4.78 is 33.6. The molecule has 0 aliphatic rings. The van der Waals surface area contributed by atoms with E-state index in [1.165, 1.54) is 0 Å². The summed E-state index contributed by atoms with van der Waals surface area (Å²) in [7, 11) is -2.03. The van der Waals surface area contributed by atoms with Crippen LogP contribution in [0.1, 0.15) is 31.7 Å². The number of benzene rings is 2. The monoisotopic (exact) mass is 433 g/mol. The van der Waals surface area contributed by atoms with Gasteiger partial charge in [0.05, 0.1) is 6.61 Å². The summed E-state index contributed by atoms with van der Waals surface area (Å²) in [5, 5.41) is 9.32. The van der Waals surface area contributed by atoms with Crippen LogP contribution in [0.25, 0.3) is 6.08 Å². The molecule has 0 radical (unpaired) electrons. The second-order valence-corrected chi connectivity index (χ2v) is 8.22. The van der Waals surface area contributed by atoms with Crippen LogP contribution in [-0.4, -0.2) is 40.3 Å². The number of aliphatic hydroxyl groups excluding tert-OH is 1. The summed E-state index contributed by atoms with van der Waals surface area (Å²) in [5.41, 5.74) is 2.25. The molecule has 0 saturated heterocycles. The van der Waals surface area contributed by atoms with Crippen LogP contribution < -0.4 is 9.08 Å². The molecule has 0 spiro atoms. The maximum atomic E-state index is 11.9. The third-order valence-electron chi connectivity index (χ3n) is 4.76. The van der Waals surface area contributed by atoms with Crippen molar-refractivity contribution < 1.29 is 21.9 Å². The van der Waals surface area contributed by atoms with Crippen LogP contribution in [0.5, 0.6) is 5.75 Å². The molecular formula is C23H31NO5S. The number of anilines is 1. The molecule has 164 valence electrons. The summed E-state index contributed by atoms with van der Waals surface area (Å²) in [6.07, 6.45) is 5.94. The highest BCUT2D eigenvalue weighted by Gasteiger charge is 2.14. The fraction of sp³-hybridized carbons (Fsp3) is 0.391. The molecule has 0 heterocycles. The van der Waals surface area contributed by atoms with Gasteiger partial charge in [-0.15, -0.1) is 0 Å². The minimum Gasteiger partial charge on any atom is -0.396 e. The van der Waals surface area contributed by atoms with Crippen molar-refractivity contribution in [3.63, 3.8) is 0 Å². The highest BCUT2D eigenvalue weighted by Crippen LogP contribution is 2.19. The molecule has 30 heavy (non-hydrogen) atoms. The van der Waals surface area contributed by atoms with Gasteiger partial charge in [0.25, 0.3) is 0 Å². The van der Waals surface area contributed by atoms with Crippen molar-refractivity contribution in [2.75, 3.05) is 31.7 Å². The number of allylic oxidation sites excluding steroid dienone is 1. The van der Waals surface area contributed by atoms with E-state index in [-0.39, 0.29) is 24.9 Å². The summed E-state index contributed by atoms with van der Waals surface area (Å²) in [6.45, 7) is 3.16. The Kier molecular flexibility index (Phi) is 9.86. The Bertz CT molecular complexity index is 866. The molecule has 1 unspecified atom stereocenters. The van der Waals surface area contributed by atoms with Gasteiger partial charge in [-0.1, -0.05) is 42.5 Å². The average Bonchev–Trinajstić information content (AvgIpc) is 2.75. The topological polar surface area (TPSA) is 76.1 Å². The Morgan fingerprint density at radius 1 is 1.07 bits per heavy atom. The predicted octanol–water partition coefficient (Wildman–Crippen LogP) is 4.28. The van der Waals surface area contributed by atoms with Crippen LogP contribution in [0.2, 0.25) is 0 Å². The maximum Gasteiger partial charge on any atom is 0.449 e. The Morgan fingerprint density at radius 2 is 1.77 bits per heavy atom. The minimum atomic E-state index is -4.08. The van der Waals surface area contributed by atoms with Crippen LogP contribution in [-0.2, 0) is 14.6 Å². The summed E-state index contributed by atoms with van der Waals surface area (Å²) in [5.74, 6) is 0.351. The molecule has 0 fully saturated rings. The predicted molar refractivity (Wildman–Crippen MR) is 121 cm³/mol. The standard InChI is InChI=1S/C23H31NO5S/c1-3-24(2)22-15-13-21(14-16-22)12-11-20(17-18-25)8-7-19-28-30(26,27)29-23-9-5-4-6-10-23/h4-6,9-16,20,25H,3,7-8,17-19H2,1-2H3/b12-11+. The minimum absolute atomic E-state index is 0.0307. The molecule has 1 N–H and O–H groups in total. The lowest BCUT2D eigenvalue weighted by Gasteiger charge is -2.16. The second-order valence-electron chi connectivity index (χ2n) is 7.01. The summed E-state index contributed by atoms with van der Waals surface area (Å²) in [6, 6.07) is 16.5.